The number of aliphatic hydroxyl groups excluding tert-OH is 4. The molecule has 0 aliphatic rings. The lowest BCUT2D eigenvalue weighted by Crippen LogP contribution is -2.29. The van der Waals surface area contributed by atoms with Crippen molar-refractivity contribution in [1.82, 2.24) is 0 Å². The summed E-state index contributed by atoms with van der Waals surface area (Å²) in [6.07, 6.45) is 24.9. The molecule has 0 aromatic carbocycles. The van der Waals surface area contributed by atoms with E-state index in [4.69, 9.17) is 19.1 Å². The molecule has 0 rings (SSSR count). The zero-order valence-electron chi connectivity index (χ0n) is 34.8. The van der Waals surface area contributed by atoms with Gasteiger partial charge in [0, 0.05) is 12.8 Å². The lowest BCUT2D eigenvalue weighted by Gasteiger charge is -2.20. The van der Waals surface area contributed by atoms with Gasteiger partial charge in [0.1, 0.15) is 12.7 Å². The number of phosphoric ester groups is 1. The maximum Gasteiger partial charge on any atom is 0.472 e. The van der Waals surface area contributed by atoms with Crippen LogP contribution in [0.25, 0.3) is 0 Å². The molecule has 0 saturated carbocycles. The fourth-order valence-electron chi connectivity index (χ4n) is 6.02. The molecule has 0 aromatic rings. The second-order valence-corrected chi connectivity index (χ2v) is 17.0. The van der Waals surface area contributed by atoms with Gasteiger partial charge in [0.05, 0.1) is 32.0 Å². The number of aliphatic hydroxyl groups is 4. The smallest absolute Gasteiger partial charge is 0.462 e. The van der Waals surface area contributed by atoms with E-state index < -0.39 is 64.0 Å². The van der Waals surface area contributed by atoms with E-state index in [1.54, 1.807) is 0 Å². The largest absolute Gasteiger partial charge is 0.472 e. The molecule has 13 heteroatoms. The maximum atomic E-state index is 12.6. The average Bonchev–Trinajstić information content (AvgIpc) is 3.15. The number of ether oxygens (including phenoxy) is 2. The number of allylic oxidation sites excluding steroid dienone is 1. The lowest BCUT2D eigenvalue weighted by atomic mass is 10.0. The minimum atomic E-state index is -4.65. The Bertz CT molecular complexity index is 978. The van der Waals surface area contributed by atoms with Crippen LogP contribution in [-0.2, 0) is 32.7 Å². The highest BCUT2D eigenvalue weighted by Crippen LogP contribution is 2.43. The van der Waals surface area contributed by atoms with Crippen molar-refractivity contribution in [2.24, 2.45) is 5.92 Å². The van der Waals surface area contributed by atoms with Gasteiger partial charge in [-0.2, -0.15) is 0 Å². The van der Waals surface area contributed by atoms with E-state index in [1.165, 1.54) is 70.6 Å². The molecule has 0 spiro atoms. The van der Waals surface area contributed by atoms with Gasteiger partial charge in [-0.15, -0.1) is 0 Å². The zero-order valence-corrected chi connectivity index (χ0v) is 35.7. The quantitative estimate of drug-likeness (QED) is 0.0171. The third kappa shape index (κ3) is 36.7. The first-order valence-electron chi connectivity index (χ1n) is 21.7. The fraction of sp³-hybridized carbons (Fsp3) is 0.905. The highest BCUT2D eigenvalue weighted by atomic mass is 31.2. The molecular weight excluding hydrogens is 727 g/mol. The van der Waals surface area contributed by atoms with Gasteiger partial charge in [0.2, 0.25) is 0 Å². The number of hydrogen-bond donors (Lipinski definition) is 5. The third-order valence-corrected chi connectivity index (χ3v) is 10.5. The summed E-state index contributed by atoms with van der Waals surface area (Å²) >= 11 is 0. The van der Waals surface area contributed by atoms with Gasteiger partial charge < -0.3 is 34.8 Å². The second-order valence-electron chi connectivity index (χ2n) is 15.5. The standard InChI is InChI=1S/C42H81O12P/c1-4-5-6-7-18-23-28-39(45)40(46)29-24-19-16-21-25-30-41(47)51-34-38(35-53-55(49,50)52-33-37(44)32-43)54-42(48)31-26-20-15-13-11-9-8-10-12-14-17-22-27-36(2)3/h18,23,36-40,43-46H,4-17,19-22,24-35H2,1-3H3,(H,49,50)/b23-18-/t37-,38+,39+,40+/m0/s1. The summed E-state index contributed by atoms with van der Waals surface area (Å²) < 4.78 is 32.6. The van der Waals surface area contributed by atoms with Crippen molar-refractivity contribution in [1.29, 1.82) is 0 Å². The van der Waals surface area contributed by atoms with Crippen molar-refractivity contribution >= 4 is 19.8 Å². The fourth-order valence-corrected chi connectivity index (χ4v) is 6.81. The Morgan fingerprint density at radius 2 is 1.13 bits per heavy atom. The minimum Gasteiger partial charge on any atom is -0.462 e. The van der Waals surface area contributed by atoms with Crippen LogP contribution in [0, 0.1) is 5.92 Å². The second kappa shape index (κ2) is 36.9. The first-order chi connectivity index (χ1) is 26.4. The Morgan fingerprint density at radius 1 is 0.618 bits per heavy atom. The molecule has 0 heterocycles. The number of carbonyl (C=O) groups is 2. The van der Waals surface area contributed by atoms with E-state index in [2.05, 4.69) is 31.4 Å². The molecule has 0 bridgehead atoms. The van der Waals surface area contributed by atoms with Gasteiger partial charge in [0.25, 0.3) is 0 Å². The number of hydrogen-bond acceptors (Lipinski definition) is 11. The number of esters is 2. The molecule has 0 aliphatic heterocycles. The Morgan fingerprint density at radius 3 is 1.67 bits per heavy atom. The predicted octanol–water partition coefficient (Wildman–Crippen LogP) is 9.02. The van der Waals surface area contributed by atoms with Crippen molar-refractivity contribution in [2.75, 3.05) is 26.4 Å². The van der Waals surface area contributed by atoms with Crippen LogP contribution in [0.15, 0.2) is 12.2 Å². The molecule has 326 valence electrons. The number of carbonyl (C=O) groups excluding carboxylic acids is 2. The van der Waals surface area contributed by atoms with Crippen LogP contribution in [-0.4, -0.2) is 88.1 Å². The molecule has 12 nitrogen and oxygen atoms in total. The number of phosphoric acid groups is 1. The zero-order chi connectivity index (χ0) is 41.0. The van der Waals surface area contributed by atoms with E-state index in [0.29, 0.717) is 25.7 Å². The average molecular weight is 809 g/mol. The van der Waals surface area contributed by atoms with Crippen molar-refractivity contribution in [3.63, 3.8) is 0 Å². The SMILES string of the molecule is CCCCC/C=C\C[C@@H](O)[C@H](O)CCCCCCCC(=O)OC[C@H](COP(=O)(O)OC[C@@H](O)CO)OC(=O)CCCCCCCCCCCCCCC(C)C. The Labute approximate surface area is 333 Å². The summed E-state index contributed by atoms with van der Waals surface area (Å²) in [7, 11) is -4.65. The van der Waals surface area contributed by atoms with Gasteiger partial charge in [0.15, 0.2) is 6.10 Å². The van der Waals surface area contributed by atoms with Crippen LogP contribution in [0.5, 0.6) is 0 Å². The normalized spacial score (nSPS) is 15.2. The van der Waals surface area contributed by atoms with Gasteiger partial charge in [-0.3, -0.25) is 18.6 Å². The summed E-state index contributed by atoms with van der Waals surface area (Å²) in [5.74, 6) is -0.233. The van der Waals surface area contributed by atoms with Crippen LogP contribution in [0.1, 0.15) is 188 Å². The van der Waals surface area contributed by atoms with Crippen LogP contribution in [0.3, 0.4) is 0 Å². The van der Waals surface area contributed by atoms with Crippen LogP contribution >= 0.6 is 7.82 Å². The predicted molar refractivity (Wildman–Crippen MR) is 217 cm³/mol. The Kier molecular flexibility index (Phi) is 36.0. The molecule has 0 saturated heterocycles. The maximum absolute atomic E-state index is 12.6. The molecule has 0 aliphatic carbocycles. The monoisotopic (exact) mass is 809 g/mol. The third-order valence-electron chi connectivity index (χ3n) is 9.55. The molecule has 0 radical (unpaired) electrons. The molecule has 0 fully saturated rings. The van der Waals surface area contributed by atoms with Crippen molar-refractivity contribution in [3.05, 3.63) is 12.2 Å². The number of rotatable bonds is 40. The summed E-state index contributed by atoms with van der Waals surface area (Å²) in [6.45, 7) is 4.47. The van der Waals surface area contributed by atoms with Gasteiger partial charge in [-0.25, -0.2) is 4.57 Å². The summed E-state index contributed by atoms with van der Waals surface area (Å²) in [6, 6.07) is 0. The van der Waals surface area contributed by atoms with Crippen LogP contribution < -0.4 is 0 Å². The highest BCUT2D eigenvalue weighted by molar-refractivity contribution is 7.47. The summed E-state index contributed by atoms with van der Waals surface area (Å²) in [4.78, 5) is 35.0. The molecule has 0 aromatic heterocycles. The van der Waals surface area contributed by atoms with Gasteiger partial charge in [-0.1, -0.05) is 148 Å². The van der Waals surface area contributed by atoms with Crippen molar-refractivity contribution in [2.45, 2.75) is 212 Å². The molecular formula is C42H81O12P. The lowest BCUT2D eigenvalue weighted by molar-refractivity contribution is -0.161. The van der Waals surface area contributed by atoms with Gasteiger partial charge >= 0.3 is 19.8 Å². The summed E-state index contributed by atoms with van der Waals surface area (Å²) in [5, 5.41) is 38.7. The first kappa shape index (κ1) is 53.6. The topological polar surface area (TPSA) is 189 Å². The van der Waals surface area contributed by atoms with E-state index in [9.17, 15) is 34.4 Å². The van der Waals surface area contributed by atoms with Crippen LogP contribution in [0.4, 0.5) is 0 Å². The number of unbranched alkanes of at least 4 members (excludes halogenated alkanes) is 18. The Balaban J connectivity index is 4.40. The molecule has 5 atom stereocenters. The minimum absolute atomic E-state index is 0.145. The van der Waals surface area contributed by atoms with E-state index in [0.717, 1.165) is 63.7 Å². The molecule has 5 N–H and O–H groups in total. The Hall–Kier alpha value is -1.37. The van der Waals surface area contributed by atoms with Gasteiger partial charge in [-0.05, 0) is 44.4 Å². The molecule has 0 amide bonds. The van der Waals surface area contributed by atoms with E-state index >= 15 is 0 Å². The van der Waals surface area contributed by atoms with Crippen LogP contribution in [0.2, 0.25) is 0 Å². The van der Waals surface area contributed by atoms with E-state index in [1.807, 2.05) is 6.08 Å². The van der Waals surface area contributed by atoms with Crippen molar-refractivity contribution in [3.8, 4) is 0 Å². The molecule has 55 heavy (non-hydrogen) atoms. The van der Waals surface area contributed by atoms with Crippen molar-refractivity contribution < 1.29 is 58.0 Å². The first-order valence-corrected chi connectivity index (χ1v) is 23.2. The van der Waals surface area contributed by atoms with E-state index in [-0.39, 0.29) is 19.4 Å². The molecule has 1 unspecified atom stereocenters. The summed E-state index contributed by atoms with van der Waals surface area (Å²) in [5.41, 5.74) is 0. The highest BCUT2D eigenvalue weighted by Gasteiger charge is 2.27.